The second kappa shape index (κ2) is 10.6. The molecule has 1 heterocycles. The van der Waals surface area contributed by atoms with Crippen molar-refractivity contribution in [2.45, 2.75) is 25.2 Å². The Hall–Kier alpha value is -4.56. The van der Waals surface area contributed by atoms with E-state index in [-0.39, 0.29) is 29.2 Å². The van der Waals surface area contributed by atoms with Gasteiger partial charge in [-0.25, -0.2) is 9.69 Å². The third kappa shape index (κ3) is 4.39. The number of imide groups is 1. The van der Waals surface area contributed by atoms with Crippen LogP contribution in [-0.2, 0) is 25.5 Å². The molecule has 0 unspecified atom stereocenters. The van der Waals surface area contributed by atoms with E-state index in [9.17, 15) is 19.2 Å². The first-order valence-electron chi connectivity index (χ1n) is 14.3. The molecule has 3 amide bonds. The van der Waals surface area contributed by atoms with E-state index >= 15 is 0 Å². The predicted octanol–water partition coefficient (Wildman–Crippen LogP) is 6.20. The molecule has 4 aromatic carbocycles. The molecule has 2 atom stereocenters. The fraction of sp³-hybridized carbons (Fsp3) is 0.200. The van der Waals surface area contributed by atoms with Gasteiger partial charge in [0.25, 0.3) is 5.91 Å². The van der Waals surface area contributed by atoms with Crippen LogP contribution in [0.25, 0.3) is 0 Å². The number of aryl methyl sites for hydroxylation is 1. The Kier molecular flexibility index (Phi) is 6.73. The summed E-state index contributed by atoms with van der Waals surface area (Å²) in [5.41, 5.74) is 6.45. The molecule has 0 saturated carbocycles. The van der Waals surface area contributed by atoms with Crippen molar-refractivity contribution in [3.05, 3.63) is 129 Å². The second-order valence-electron chi connectivity index (χ2n) is 11.1. The highest BCUT2D eigenvalue weighted by Crippen LogP contribution is 2.61. The highest BCUT2D eigenvalue weighted by atomic mass is 79.9. The van der Waals surface area contributed by atoms with Gasteiger partial charge in [-0.2, -0.15) is 0 Å². The maximum atomic E-state index is 14.0. The zero-order chi connectivity index (χ0) is 29.8. The number of carbonyl (C=O) groups excluding carboxylic acids is 4. The number of hydrogen-bond donors (Lipinski definition) is 1. The van der Waals surface area contributed by atoms with Gasteiger partial charge in [-0.15, -0.1) is 0 Å². The number of esters is 1. The number of nitrogens with one attached hydrogen (secondary N) is 1. The number of hydrogen-bond acceptors (Lipinski definition) is 5. The highest BCUT2D eigenvalue weighted by molar-refractivity contribution is 9.10. The molecular formula is C35H27BrN2O5. The van der Waals surface area contributed by atoms with Gasteiger partial charge in [-0.3, -0.25) is 14.4 Å². The molecule has 3 aliphatic carbocycles. The van der Waals surface area contributed by atoms with E-state index in [1.54, 1.807) is 24.3 Å². The minimum Gasteiger partial charge on any atom is -0.452 e. The lowest BCUT2D eigenvalue weighted by Crippen LogP contribution is -2.41. The molecule has 1 N–H and O–H groups in total. The smallest absolute Gasteiger partial charge is 0.338 e. The van der Waals surface area contributed by atoms with Crippen molar-refractivity contribution in [1.82, 2.24) is 0 Å². The Bertz CT molecular complexity index is 1720. The molecular weight excluding hydrogens is 608 g/mol. The number of anilines is 2. The Labute approximate surface area is 257 Å². The maximum Gasteiger partial charge on any atom is 0.338 e. The zero-order valence-corrected chi connectivity index (χ0v) is 24.8. The van der Waals surface area contributed by atoms with Gasteiger partial charge in [-0.1, -0.05) is 77.5 Å². The van der Waals surface area contributed by atoms with Crippen LogP contribution in [0.4, 0.5) is 11.4 Å². The summed E-state index contributed by atoms with van der Waals surface area (Å²) in [6.07, 6.45) is 0.719. The summed E-state index contributed by atoms with van der Waals surface area (Å²) < 4.78 is 6.21. The third-order valence-electron chi connectivity index (χ3n) is 8.85. The number of halogens is 1. The van der Waals surface area contributed by atoms with Crippen LogP contribution in [0.2, 0.25) is 0 Å². The lowest BCUT2D eigenvalue weighted by Gasteiger charge is -2.45. The Morgan fingerprint density at radius 1 is 0.791 bits per heavy atom. The molecule has 0 aromatic heterocycles. The number of nitrogens with zero attached hydrogens (tertiary/aromatic N) is 1. The molecule has 4 aliphatic rings. The fourth-order valence-electron chi connectivity index (χ4n) is 7.08. The van der Waals surface area contributed by atoms with Crippen LogP contribution in [-0.4, -0.2) is 30.3 Å². The number of ether oxygens (including phenoxy) is 1. The fourth-order valence-corrected chi connectivity index (χ4v) is 7.49. The van der Waals surface area contributed by atoms with Crippen molar-refractivity contribution >= 4 is 51.0 Å². The summed E-state index contributed by atoms with van der Waals surface area (Å²) in [4.78, 5) is 54.8. The van der Waals surface area contributed by atoms with Crippen LogP contribution in [0, 0.1) is 11.8 Å². The molecule has 0 radical (unpaired) electrons. The number of benzene rings is 4. The molecule has 1 saturated heterocycles. The van der Waals surface area contributed by atoms with Crippen LogP contribution >= 0.6 is 15.9 Å². The molecule has 43 heavy (non-hydrogen) atoms. The van der Waals surface area contributed by atoms with Gasteiger partial charge in [0, 0.05) is 22.0 Å². The zero-order valence-electron chi connectivity index (χ0n) is 23.3. The third-order valence-corrected chi connectivity index (χ3v) is 9.34. The number of amides is 3. The van der Waals surface area contributed by atoms with Crippen molar-refractivity contribution < 1.29 is 23.9 Å². The van der Waals surface area contributed by atoms with Crippen molar-refractivity contribution in [3.8, 4) is 0 Å². The van der Waals surface area contributed by atoms with E-state index in [0.717, 1.165) is 38.7 Å². The number of carbonyl (C=O) groups is 4. The summed E-state index contributed by atoms with van der Waals surface area (Å²) in [6.45, 7) is 1.51. The quantitative estimate of drug-likeness (QED) is 0.201. The van der Waals surface area contributed by atoms with Gasteiger partial charge in [0.2, 0.25) is 11.8 Å². The van der Waals surface area contributed by atoms with Gasteiger partial charge in [0.15, 0.2) is 6.61 Å². The number of rotatable bonds is 6. The van der Waals surface area contributed by atoms with E-state index in [2.05, 4.69) is 45.5 Å². The monoisotopic (exact) mass is 634 g/mol. The molecule has 1 aliphatic heterocycles. The minimum atomic E-state index is -0.722. The van der Waals surface area contributed by atoms with Crippen LogP contribution in [0.5, 0.6) is 0 Å². The summed E-state index contributed by atoms with van der Waals surface area (Å²) in [7, 11) is 0. The van der Waals surface area contributed by atoms with Gasteiger partial charge in [0.05, 0.1) is 23.1 Å². The second-order valence-corrected chi connectivity index (χ2v) is 12.0. The SMILES string of the molecule is CCc1cc(Br)ccc1NC(=O)COC(=O)c1cccc(N2C(=O)[C@@H]3C4c5ccccc5C(c5ccccc54)[C@H]3C2=O)c1. The first-order valence-corrected chi connectivity index (χ1v) is 15.1. The normalized spacial score (nSPS) is 21.2. The Morgan fingerprint density at radius 2 is 1.37 bits per heavy atom. The van der Waals surface area contributed by atoms with Crippen LogP contribution in [0.1, 0.15) is 56.9 Å². The topological polar surface area (TPSA) is 92.8 Å². The van der Waals surface area contributed by atoms with E-state index in [4.69, 9.17) is 4.74 Å². The van der Waals surface area contributed by atoms with Crippen LogP contribution < -0.4 is 10.2 Å². The average molecular weight is 636 g/mol. The maximum absolute atomic E-state index is 14.0. The lowest BCUT2D eigenvalue weighted by molar-refractivity contribution is -0.122. The molecule has 0 spiro atoms. The molecule has 214 valence electrons. The van der Waals surface area contributed by atoms with Crippen molar-refractivity contribution in [2.75, 3.05) is 16.8 Å². The van der Waals surface area contributed by atoms with Crippen molar-refractivity contribution in [2.24, 2.45) is 11.8 Å². The van der Waals surface area contributed by atoms with Crippen LogP contribution in [0.15, 0.2) is 95.5 Å². The molecule has 7 nitrogen and oxygen atoms in total. The average Bonchev–Trinajstić information content (AvgIpc) is 3.30. The van der Waals surface area contributed by atoms with Gasteiger partial charge < -0.3 is 10.1 Å². The highest BCUT2D eigenvalue weighted by Gasteiger charge is 2.61. The van der Waals surface area contributed by atoms with E-state index in [1.807, 2.05) is 43.3 Å². The summed E-state index contributed by atoms with van der Waals surface area (Å²) in [5.74, 6) is -3.18. The summed E-state index contributed by atoms with van der Waals surface area (Å²) in [5, 5.41) is 2.79. The largest absolute Gasteiger partial charge is 0.452 e. The van der Waals surface area contributed by atoms with Gasteiger partial charge >= 0.3 is 5.97 Å². The van der Waals surface area contributed by atoms with E-state index in [0.29, 0.717) is 11.4 Å². The van der Waals surface area contributed by atoms with Gasteiger partial charge in [-0.05, 0) is 70.6 Å². The Balaban J connectivity index is 1.12. The van der Waals surface area contributed by atoms with Crippen molar-refractivity contribution in [1.29, 1.82) is 0 Å². The predicted molar refractivity (Wildman–Crippen MR) is 165 cm³/mol. The summed E-state index contributed by atoms with van der Waals surface area (Å²) >= 11 is 3.43. The lowest BCUT2D eigenvalue weighted by atomic mass is 9.55. The van der Waals surface area contributed by atoms with Gasteiger partial charge in [0.1, 0.15) is 0 Å². The first kappa shape index (κ1) is 27.3. The standard InChI is InChI=1S/C35H27BrN2O5/c1-2-19-16-21(36)14-15-27(19)37-28(39)18-43-35(42)20-8-7-9-22(17-20)38-33(40)31-29-23-10-3-4-11-24(23)30(32(31)34(38)41)26-13-6-5-12-25(26)29/h3-17,29-32H,2,18H2,1H3,(H,37,39)/t29?,30?,31-,32-/m1/s1. The molecule has 8 rings (SSSR count). The summed E-state index contributed by atoms with van der Waals surface area (Å²) in [6, 6.07) is 28.0. The van der Waals surface area contributed by atoms with Crippen molar-refractivity contribution in [3.63, 3.8) is 0 Å². The molecule has 1 fully saturated rings. The Morgan fingerprint density at radius 3 is 1.93 bits per heavy atom. The molecule has 2 bridgehead atoms. The molecule has 8 heteroatoms. The van der Waals surface area contributed by atoms with E-state index < -0.39 is 30.3 Å². The minimum absolute atomic E-state index is 0.146. The van der Waals surface area contributed by atoms with E-state index in [1.165, 1.54) is 11.0 Å². The van der Waals surface area contributed by atoms with Crippen LogP contribution in [0.3, 0.4) is 0 Å². The first-order chi connectivity index (χ1) is 20.9. The molecule has 4 aromatic rings.